The summed E-state index contributed by atoms with van der Waals surface area (Å²) in [5.74, 6) is 0.246. The van der Waals surface area contributed by atoms with Crippen molar-refractivity contribution in [2.75, 3.05) is 17.7 Å². The standard InChI is InChI=1S/C20H20ClN5O3/c1-11-17(19(28)25-14-6-4-13(21)5-7-14)18(26-20(24-11)22-10-23-26)12-3-8-15(27)16(9-12)29-2/h3-11,17-18,27H,1-2H3,(H,25,28)(H,22,23,24). The molecule has 4 rings (SSSR count). The molecule has 3 N–H and O–H groups in total. The average molecular weight is 414 g/mol. The highest BCUT2D eigenvalue weighted by Crippen LogP contribution is 2.39. The van der Waals surface area contributed by atoms with E-state index in [0.29, 0.717) is 22.4 Å². The predicted molar refractivity (Wildman–Crippen MR) is 109 cm³/mol. The first kappa shape index (κ1) is 19.1. The molecule has 0 aliphatic carbocycles. The minimum Gasteiger partial charge on any atom is -0.504 e. The van der Waals surface area contributed by atoms with Crippen LogP contribution in [0.4, 0.5) is 11.6 Å². The number of hydrogen-bond donors (Lipinski definition) is 3. The van der Waals surface area contributed by atoms with E-state index in [4.69, 9.17) is 16.3 Å². The van der Waals surface area contributed by atoms with Crippen molar-refractivity contribution in [2.24, 2.45) is 5.92 Å². The Labute approximate surface area is 172 Å². The molecule has 0 bridgehead atoms. The number of amides is 1. The number of aromatic hydroxyl groups is 1. The smallest absolute Gasteiger partial charge is 0.232 e. The molecule has 9 heteroatoms. The first-order chi connectivity index (χ1) is 14.0. The number of phenolic OH excluding ortho intramolecular Hbond substituents is 1. The Morgan fingerprint density at radius 2 is 2.03 bits per heavy atom. The molecule has 1 amide bonds. The normalized spacial score (nSPS) is 20.4. The highest BCUT2D eigenvalue weighted by molar-refractivity contribution is 6.30. The van der Waals surface area contributed by atoms with Crippen LogP contribution in [-0.4, -0.2) is 38.9 Å². The second kappa shape index (κ2) is 7.63. The van der Waals surface area contributed by atoms with Gasteiger partial charge in [0.15, 0.2) is 11.5 Å². The lowest BCUT2D eigenvalue weighted by atomic mass is 9.85. The van der Waals surface area contributed by atoms with Gasteiger partial charge in [0.05, 0.1) is 19.1 Å². The molecule has 29 heavy (non-hydrogen) atoms. The minimum atomic E-state index is -0.505. The van der Waals surface area contributed by atoms with Crippen LogP contribution in [0.2, 0.25) is 5.02 Å². The molecular formula is C20H20ClN5O3. The maximum Gasteiger partial charge on any atom is 0.232 e. The van der Waals surface area contributed by atoms with Gasteiger partial charge >= 0.3 is 0 Å². The van der Waals surface area contributed by atoms with Crippen LogP contribution in [0.25, 0.3) is 0 Å². The van der Waals surface area contributed by atoms with Gasteiger partial charge in [0, 0.05) is 16.8 Å². The minimum absolute atomic E-state index is 0.0270. The van der Waals surface area contributed by atoms with Crippen LogP contribution in [0, 0.1) is 5.92 Å². The van der Waals surface area contributed by atoms with Gasteiger partial charge in [-0.05, 0) is 48.9 Å². The summed E-state index contributed by atoms with van der Waals surface area (Å²) in [6, 6.07) is 11.3. The van der Waals surface area contributed by atoms with Crippen LogP contribution < -0.4 is 15.4 Å². The third kappa shape index (κ3) is 3.58. The van der Waals surface area contributed by atoms with E-state index in [-0.39, 0.29) is 17.7 Å². The molecule has 2 aromatic carbocycles. The predicted octanol–water partition coefficient (Wildman–Crippen LogP) is 3.30. The summed E-state index contributed by atoms with van der Waals surface area (Å²) in [5, 5.41) is 21.1. The lowest BCUT2D eigenvalue weighted by Crippen LogP contribution is -2.46. The average Bonchev–Trinajstić information content (AvgIpc) is 3.17. The van der Waals surface area contributed by atoms with Gasteiger partial charge in [0.1, 0.15) is 6.33 Å². The molecule has 3 atom stereocenters. The summed E-state index contributed by atoms with van der Waals surface area (Å²) in [5.41, 5.74) is 1.43. The highest BCUT2D eigenvalue weighted by atomic mass is 35.5. The third-order valence-electron chi connectivity index (χ3n) is 5.03. The van der Waals surface area contributed by atoms with E-state index in [1.165, 1.54) is 13.4 Å². The monoisotopic (exact) mass is 413 g/mol. The molecule has 3 unspecified atom stereocenters. The first-order valence-corrected chi connectivity index (χ1v) is 9.45. The molecule has 3 aromatic rings. The van der Waals surface area contributed by atoms with Crippen LogP contribution in [0.15, 0.2) is 48.8 Å². The van der Waals surface area contributed by atoms with E-state index in [1.807, 2.05) is 6.92 Å². The fraction of sp³-hybridized carbons (Fsp3) is 0.250. The molecule has 150 valence electrons. The number of halogens is 1. The Morgan fingerprint density at radius 1 is 1.28 bits per heavy atom. The zero-order valence-electron chi connectivity index (χ0n) is 15.8. The number of nitrogens with zero attached hydrogens (tertiary/aromatic N) is 3. The van der Waals surface area contributed by atoms with Gasteiger partial charge in [-0.15, -0.1) is 0 Å². The second-order valence-corrected chi connectivity index (χ2v) is 7.30. The summed E-state index contributed by atoms with van der Waals surface area (Å²) in [6.45, 7) is 1.93. The summed E-state index contributed by atoms with van der Waals surface area (Å²) < 4.78 is 6.93. The van der Waals surface area contributed by atoms with Crippen molar-refractivity contribution in [1.82, 2.24) is 14.8 Å². The Kier molecular flexibility index (Phi) is 5.02. The van der Waals surface area contributed by atoms with E-state index >= 15 is 0 Å². The highest BCUT2D eigenvalue weighted by Gasteiger charge is 2.41. The quantitative estimate of drug-likeness (QED) is 0.606. The molecular weight excluding hydrogens is 394 g/mol. The number of anilines is 2. The SMILES string of the molecule is COc1cc(C2C(C(=O)Nc3ccc(Cl)cc3)C(C)Nc3ncnn32)ccc1O. The molecule has 0 radical (unpaired) electrons. The molecule has 0 saturated heterocycles. The molecule has 0 fully saturated rings. The number of fused-ring (bicyclic) bond motifs is 1. The first-order valence-electron chi connectivity index (χ1n) is 9.07. The Hall–Kier alpha value is -3.26. The van der Waals surface area contributed by atoms with Gasteiger partial charge in [-0.3, -0.25) is 4.79 Å². The van der Waals surface area contributed by atoms with Crippen LogP contribution in [-0.2, 0) is 4.79 Å². The summed E-state index contributed by atoms with van der Waals surface area (Å²) >= 11 is 5.93. The van der Waals surface area contributed by atoms with Gasteiger partial charge in [-0.2, -0.15) is 10.1 Å². The number of ether oxygens (including phenoxy) is 1. The van der Waals surface area contributed by atoms with Gasteiger partial charge in [0.2, 0.25) is 11.9 Å². The summed E-state index contributed by atoms with van der Waals surface area (Å²) in [6.07, 6.45) is 1.44. The van der Waals surface area contributed by atoms with Crippen molar-refractivity contribution in [3.8, 4) is 11.5 Å². The van der Waals surface area contributed by atoms with Gasteiger partial charge < -0.3 is 20.5 Å². The van der Waals surface area contributed by atoms with Gasteiger partial charge in [-0.1, -0.05) is 17.7 Å². The van der Waals surface area contributed by atoms with Crippen LogP contribution in [0.3, 0.4) is 0 Å². The van der Waals surface area contributed by atoms with Crippen molar-refractivity contribution in [3.63, 3.8) is 0 Å². The lowest BCUT2D eigenvalue weighted by Gasteiger charge is -2.37. The molecule has 0 saturated carbocycles. The number of aromatic nitrogens is 3. The number of nitrogens with one attached hydrogen (secondary N) is 2. The number of rotatable bonds is 4. The van der Waals surface area contributed by atoms with Crippen molar-refractivity contribution >= 4 is 29.1 Å². The molecule has 8 nitrogen and oxygen atoms in total. The van der Waals surface area contributed by atoms with E-state index in [1.54, 1.807) is 47.1 Å². The molecule has 0 spiro atoms. The largest absolute Gasteiger partial charge is 0.504 e. The van der Waals surface area contributed by atoms with Crippen molar-refractivity contribution in [2.45, 2.75) is 19.0 Å². The van der Waals surface area contributed by atoms with Gasteiger partial charge in [0.25, 0.3) is 0 Å². The van der Waals surface area contributed by atoms with Crippen LogP contribution >= 0.6 is 11.6 Å². The summed E-state index contributed by atoms with van der Waals surface area (Å²) in [7, 11) is 1.48. The van der Waals surface area contributed by atoms with Gasteiger partial charge in [-0.25, -0.2) is 4.68 Å². The molecule has 1 aliphatic rings. The summed E-state index contributed by atoms with van der Waals surface area (Å²) in [4.78, 5) is 17.5. The van der Waals surface area contributed by atoms with E-state index < -0.39 is 12.0 Å². The van der Waals surface area contributed by atoms with E-state index in [0.717, 1.165) is 5.56 Å². The maximum absolute atomic E-state index is 13.3. The second-order valence-electron chi connectivity index (χ2n) is 6.86. The maximum atomic E-state index is 13.3. The molecule has 2 heterocycles. The third-order valence-corrected chi connectivity index (χ3v) is 5.28. The van der Waals surface area contributed by atoms with Crippen molar-refractivity contribution < 1.29 is 14.6 Å². The number of methoxy groups -OCH3 is 1. The van der Waals surface area contributed by atoms with Crippen molar-refractivity contribution in [3.05, 3.63) is 59.4 Å². The Morgan fingerprint density at radius 3 is 2.76 bits per heavy atom. The lowest BCUT2D eigenvalue weighted by molar-refractivity contribution is -0.121. The number of carbonyl (C=O) groups excluding carboxylic acids is 1. The topological polar surface area (TPSA) is 101 Å². The van der Waals surface area contributed by atoms with E-state index in [9.17, 15) is 9.90 Å². The Balaban J connectivity index is 1.74. The van der Waals surface area contributed by atoms with Crippen LogP contribution in [0.1, 0.15) is 18.5 Å². The zero-order valence-corrected chi connectivity index (χ0v) is 16.6. The number of phenols is 1. The molecule has 1 aromatic heterocycles. The fourth-order valence-electron chi connectivity index (χ4n) is 3.63. The van der Waals surface area contributed by atoms with Crippen molar-refractivity contribution in [1.29, 1.82) is 0 Å². The Bertz CT molecular complexity index is 1040. The molecule has 1 aliphatic heterocycles. The van der Waals surface area contributed by atoms with Crippen LogP contribution in [0.5, 0.6) is 11.5 Å². The zero-order chi connectivity index (χ0) is 20.5. The van der Waals surface area contributed by atoms with E-state index in [2.05, 4.69) is 20.7 Å². The number of carbonyl (C=O) groups is 1. The number of benzene rings is 2. The fourth-order valence-corrected chi connectivity index (χ4v) is 3.76. The number of hydrogen-bond acceptors (Lipinski definition) is 6.